The first-order valence-corrected chi connectivity index (χ1v) is 4.79. The van der Waals surface area contributed by atoms with E-state index in [-0.39, 0.29) is 6.04 Å². The molecule has 2 rings (SSSR count). The van der Waals surface area contributed by atoms with Gasteiger partial charge in [-0.05, 0) is 24.6 Å². The normalized spacial score (nSPS) is 20.4. The third kappa shape index (κ3) is 1.77. The van der Waals surface area contributed by atoms with Crippen LogP contribution in [-0.2, 0) is 11.3 Å². The van der Waals surface area contributed by atoms with Crippen molar-refractivity contribution in [3.8, 4) is 0 Å². The first-order chi connectivity index (χ1) is 6.79. The van der Waals surface area contributed by atoms with Crippen molar-refractivity contribution < 1.29 is 4.74 Å². The Morgan fingerprint density at radius 2 is 2.14 bits per heavy atom. The Bertz CT molecular complexity index is 343. The van der Waals surface area contributed by atoms with Crippen LogP contribution in [0.3, 0.4) is 0 Å². The molecule has 1 unspecified atom stereocenters. The Labute approximate surface area is 83.6 Å². The highest BCUT2D eigenvalue weighted by atomic mass is 16.5. The van der Waals surface area contributed by atoms with Crippen molar-refractivity contribution in [1.29, 1.82) is 0 Å². The largest absolute Gasteiger partial charge is 0.475 e. The molecule has 0 amide bonds. The van der Waals surface area contributed by atoms with E-state index in [1.165, 1.54) is 0 Å². The molecular formula is C11H14N2O. The minimum absolute atomic E-state index is 0.277. The fourth-order valence-corrected chi connectivity index (χ4v) is 1.42. The van der Waals surface area contributed by atoms with Gasteiger partial charge in [0.2, 0.25) is 5.90 Å². The summed E-state index contributed by atoms with van der Waals surface area (Å²) in [5, 5.41) is 0. The molecule has 1 aliphatic rings. The minimum atomic E-state index is 0.277. The van der Waals surface area contributed by atoms with Crippen LogP contribution in [0.2, 0.25) is 0 Å². The molecular weight excluding hydrogens is 176 g/mol. The molecule has 14 heavy (non-hydrogen) atoms. The molecule has 1 atom stereocenters. The monoisotopic (exact) mass is 190 g/mol. The molecule has 0 radical (unpaired) electrons. The average Bonchev–Trinajstić information content (AvgIpc) is 2.65. The lowest BCUT2D eigenvalue weighted by molar-refractivity contribution is 0.324. The molecule has 0 bridgehead atoms. The summed E-state index contributed by atoms with van der Waals surface area (Å²) in [6.07, 6.45) is 0. The summed E-state index contributed by atoms with van der Waals surface area (Å²) in [5.74, 6) is 0.751. The van der Waals surface area contributed by atoms with Crippen LogP contribution in [0.5, 0.6) is 0 Å². The molecule has 3 heteroatoms. The molecule has 0 aliphatic carbocycles. The fraction of sp³-hybridized carbons (Fsp3) is 0.364. The Balaban J connectivity index is 2.21. The van der Waals surface area contributed by atoms with E-state index in [0.717, 1.165) is 17.0 Å². The second kappa shape index (κ2) is 3.80. The lowest BCUT2D eigenvalue weighted by atomic mass is 10.1. The Morgan fingerprint density at radius 3 is 2.64 bits per heavy atom. The zero-order valence-corrected chi connectivity index (χ0v) is 8.23. The van der Waals surface area contributed by atoms with Crippen LogP contribution in [-0.4, -0.2) is 18.5 Å². The standard InChI is InChI=1S/C11H14N2O/c1-8-7-14-11(13-8)10-4-2-9(6-12)3-5-10/h2-5,8H,6-7,12H2,1H3. The van der Waals surface area contributed by atoms with Crippen LogP contribution >= 0.6 is 0 Å². The first-order valence-electron chi connectivity index (χ1n) is 4.79. The van der Waals surface area contributed by atoms with Crippen LogP contribution in [0.15, 0.2) is 29.3 Å². The number of aliphatic imine (C=N–C) groups is 1. The van der Waals surface area contributed by atoms with Gasteiger partial charge in [-0.25, -0.2) is 4.99 Å². The van der Waals surface area contributed by atoms with Gasteiger partial charge in [-0.3, -0.25) is 0 Å². The first kappa shape index (κ1) is 9.21. The van der Waals surface area contributed by atoms with Gasteiger partial charge in [0.05, 0.1) is 6.04 Å². The highest BCUT2D eigenvalue weighted by Gasteiger charge is 2.15. The number of rotatable bonds is 2. The molecule has 2 N–H and O–H groups in total. The minimum Gasteiger partial charge on any atom is -0.475 e. The van der Waals surface area contributed by atoms with E-state index in [0.29, 0.717) is 13.2 Å². The van der Waals surface area contributed by atoms with E-state index in [1.807, 2.05) is 31.2 Å². The number of ether oxygens (including phenoxy) is 1. The van der Waals surface area contributed by atoms with E-state index in [9.17, 15) is 0 Å². The molecule has 1 aliphatic heterocycles. The number of hydrogen-bond donors (Lipinski definition) is 1. The van der Waals surface area contributed by atoms with Crippen molar-refractivity contribution in [2.45, 2.75) is 19.5 Å². The van der Waals surface area contributed by atoms with Gasteiger partial charge in [0.15, 0.2) is 0 Å². The zero-order chi connectivity index (χ0) is 9.97. The van der Waals surface area contributed by atoms with Gasteiger partial charge in [-0.2, -0.15) is 0 Å². The summed E-state index contributed by atoms with van der Waals surface area (Å²) in [6, 6.07) is 8.28. The van der Waals surface area contributed by atoms with Gasteiger partial charge >= 0.3 is 0 Å². The van der Waals surface area contributed by atoms with Gasteiger partial charge in [0.1, 0.15) is 6.61 Å². The lowest BCUT2D eigenvalue weighted by Gasteiger charge is -2.02. The molecule has 0 fully saturated rings. The fourth-order valence-electron chi connectivity index (χ4n) is 1.42. The molecule has 74 valence electrons. The summed E-state index contributed by atoms with van der Waals surface area (Å²) in [6.45, 7) is 3.30. The third-order valence-electron chi connectivity index (χ3n) is 2.24. The summed E-state index contributed by atoms with van der Waals surface area (Å²) in [4.78, 5) is 4.38. The van der Waals surface area contributed by atoms with E-state index >= 15 is 0 Å². The smallest absolute Gasteiger partial charge is 0.216 e. The predicted octanol–water partition coefficient (Wildman–Crippen LogP) is 1.31. The topological polar surface area (TPSA) is 47.6 Å². The molecule has 0 saturated heterocycles. The highest BCUT2D eigenvalue weighted by Crippen LogP contribution is 2.12. The third-order valence-corrected chi connectivity index (χ3v) is 2.24. The Morgan fingerprint density at radius 1 is 1.43 bits per heavy atom. The molecule has 1 aromatic carbocycles. The summed E-state index contributed by atoms with van der Waals surface area (Å²) < 4.78 is 5.44. The number of benzene rings is 1. The second-order valence-corrected chi connectivity index (χ2v) is 3.50. The number of nitrogens with zero attached hydrogens (tertiary/aromatic N) is 1. The Kier molecular flexibility index (Phi) is 2.50. The predicted molar refractivity (Wildman–Crippen MR) is 56.3 cm³/mol. The molecule has 1 heterocycles. The maximum atomic E-state index is 5.51. The van der Waals surface area contributed by atoms with Crippen molar-refractivity contribution in [2.24, 2.45) is 10.7 Å². The van der Waals surface area contributed by atoms with Crippen molar-refractivity contribution in [3.05, 3.63) is 35.4 Å². The van der Waals surface area contributed by atoms with Crippen LogP contribution in [0.4, 0.5) is 0 Å². The molecule has 0 spiro atoms. The summed E-state index contributed by atoms with van der Waals surface area (Å²) >= 11 is 0. The van der Waals surface area contributed by atoms with Crippen LogP contribution in [0.1, 0.15) is 18.1 Å². The van der Waals surface area contributed by atoms with Crippen molar-refractivity contribution in [1.82, 2.24) is 0 Å². The van der Waals surface area contributed by atoms with Crippen LogP contribution in [0, 0.1) is 0 Å². The molecule has 1 aromatic rings. The van der Waals surface area contributed by atoms with Crippen LogP contribution in [0.25, 0.3) is 0 Å². The van der Waals surface area contributed by atoms with E-state index in [1.54, 1.807) is 0 Å². The summed E-state index contributed by atoms with van der Waals surface area (Å²) in [5.41, 5.74) is 7.67. The average molecular weight is 190 g/mol. The van der Waals surface area contributed by atoms with Crippen molar-refractivity contribution >= 4 is 5.90 Å². The maximum absolute atomic E-state index is 5.51. The van der Waals surface area contributed by atoms with E-state index in [4.69, 9.17) is 10.5 Å². The summed E-state index contributed by atoms with van der Waals surface area (Å²) in [7, 11) is 0. The van der Waals surface area contributed by atoms with Gasteiger partial charge in [0, 0.05) is 12.1 Å². The van der Waals surface area contributed by atoms with Gasteiger partial charge in [-0.1, -0.05) is 12.1 Å². The van der Waals surface area contributed by atoms with Crippen molar-refractivity contribution in [3.63, 3.8) is 0 Å². The van der Waals surface area contributed by atoms with Crippen molar-refractivity contribution in [2.75, 3.05) is 6.61 Å². The highest BCUT2D eigenvalue weighted by molar-refractivity contribution is 5.95. The van der Waals surface area contributed by atoms with E-state index in [2.05, 4.69) is 4.99 Å². The lowest BCUT2D eigenvalue weighted by Crippen LogP contribution is -2.02. The van der Waals surface area contributed by atoms with Gasteiger partial charge in [-0.15, -0.1) is 0 Å². The zero-order valence-electron chi connectivity index (χ0n) is 8.23. The number of nitrogens with two attached hydrogens (primary N) is 1. The maximum Gasteiger partial charge on any atom is 0.216 e. The second-order valence-electron chi connectivity index (χ2n) is 3.50. The number of hydrogen-bond acceptors (Lipinski definition) is 3. The Hall–Kier alpha value is -1.35. The molecule has 0 saturated carbocycles. The van der Waals surface area contributed by atoms with Crippen LogP contribution < -0.4 is 5.73 Å². The molecule has 0 aromatic heterocycles. The quantitative estimate of drug-likeness (QED) is 0.764. The molecule has 3 nitrogen and oxygen atoms in total. The van der Waals surface area contributed by atoms with Gasteiger partial charge < -0.3 is 10.5 Å². The SMILES string of the molecule is CC1COC(c2ccc(CN)cc2)=N1. The van der Waals surface area contributed by atoms with Gasteiger partial charge in [0.25, 0.3) is 0 Å². The van der Waals surface area contributed by atoms with E-state index < -0.39 is 0 Å².